The smallest absolute Gasteiger partial charge is 0.238 e. The third kappa shape index (κ3) is 10.4. The van der Waals surface area contributed by atoms with Crippen molar-refractivity contribution in [3.63, 3.8) is 0 Å². The van der Waals surface area contributed by atoms with E-state index in [2.05, 4.69) is 281 Å². The third-order valence-corrected chi connectivity index (χ3v) is 23.0. The summed E-state index contributed by atoms with van der Waals surface area (Å²) < 4.78 is 18.1. The van der Waals surface area contributed by atoms with Crippen LogP contribution in [0.4, 0.5) is 0 Å². The number of hydrogen-bond acceptors (Lipinski definition) is 12. The Labute approximate surface area is 653 Å². The Hall–Kier alpha value is -15.5. The molecule has 0 atom stereocenters. The van der Waals surface area contributed by atoms with Crippen LogP contribution in [0.15, 0.2) is 357 Å². The third-order valence-electron chi connectivity index (χ3n) is 21.8. The number of benzene rings is 12. The van der Waals surface area contributed by atoms with Gasteiger partial charge in [0, 0.05) is 94.1 Å². The van der Waals surface area contributed by atoms with Crippen LogP contribution in [0.2, 0.25) is 0 Å². The van der Waals surface area contributed by atoms with E-state index in [9.17, 15) is 0 Å². The molecule has 0 aliphatic carbocycles. The van der Waals surface area contributed by atoms with Gasteiger partial charge in [-0.2, -0.15) is 19.9 Å². The van der Waals surface area contributed by atoms with Gasteiger partial charge in [0.1, 0.15) is 28.4 Å². The van der Waals surface area contributed by atoms with E-state index in [0.29, 0.717) is 58.0 Å². The highest BCUT2D eigenvalue weighted by molar-refractivity contribution is 7.26. The van der Waals surface area contributed by atoms with Crippen LogP contribution in [0.1, 0.15) is 0 Å². The topological polar surface area (TPSA) is 162 Å². The molecule has 0 amide bonds. The highest BCUT2D eigenvalue weighted by Gasteiger charge is 2.25. The van der Waals surface area contributed by atoms with Crippen molar-refractivity contribution in [1.82, 2.24) is 68.1 Å². The van der Waals surface area contributed by atoms with Gasteiger partial charge in [-0.15, -0.1) is 11.3 Å². The maximum absolute atomic E-state index is 6.52. The van der Waals surface area contributed by atoms with E-state index in [-0.39, 0.29) is 0 Å². The lowest BCUT2D eigenvalue weighted by molar-refractivity contribution is 0.666. The molecule has 0 radical (unpaired) electrons. The van der Waals surface area contributed by atoms with Gasteiger partial charge in [-0.1, -0.05) is 182 Å². The van der Waals surface area contributed by atoms with Crippen molar-refractivity contribution in [3.05, 3.63) is 352 Å². The number of fused-ring (bicyclic) bond motifs is 18. The van der Waals surface area contributed by atoms with E-state index in [1.54, 1.807) is 24.8 Å². The first kappa shape index (κ1) is 64.5. The number of thiophene rings is 1. The predicted octanol–water partition coefficient (Wildman–Crippen LogP) is 24.0. The molecule has 24 aromatic rings. The molecule has 0 saturated heterocycles. The molecule has 0 saturated carbocycles. The van der Waals surface area contributed by atoms with Crippen molar-refractivity contribution >= 4 is 141 Å². The molecule has 0 spiro atoms. The normalized spacial score (nSPS) is 11.9. The van der Waals surface area contributed by atoms with E-state index in [4.69, 9.17) is 34.3 Å². The molecule has 0 unspecified atom stereocenters. The predicted molar refractivity (Wildman–Crippen MR) is 461 cm³/mol. The Morgan fingerprint density at radius 3 is 0.974 bits per heavy atom. The van der Waals surface area contributed by atoms with Crippen LogP contribution in [0.3, 0.4) is 0 Å². The van der Waals surface area contributed by atoms with Gasteiger partial charge >= 0.3 is 0 Å². The van der Waals surface area contributed by atoms with Gasteiger partial charge in [0.15, 0.2) is 28.9 Å². The highest BCUT2D eigenvalue weighted by atomic mass is 32.1. The average molecular weight is 1480 g/mol. The number of furan rings is 1. The van der Waals surface area contributed by atoms with Crippen LogP contribution in [-0.4, -0.2) is 68.1 Å². The van der Waals surface area contributed by atoms with Gasteiger partial charge in [-0.05, 0) is 168 Å². The fourth-order valence-electron chi connectivity index (χ4n) is 16.7. The second-order valence-corrected chi connectivity index (χ2v) is 29.3. The van der Waals surface area contributed by atoms with E-state index < -0.39 is 0 Å². The van der Waals surface area contributed by atoms with Crippen LogP contribution in [0, 0.1) is 0 Å². The molecule has 114 heavy (non-hydrogen) atoms. The fourth-order valence-corrected chi connectivity index (χ4v) is 18.0. The molecule has 0 bridgehead atoms. The Balaban J connectivity index is 0.000000135. The summed E-state index contributed by atoms with van der Waals surface area (Å²) in [6.07, 6.45) is 7.00. The first-order valence-electron chi connectivity index (χ1n) is 37.7. The lowest BCUT2D eigenvalue weighted by Crippen LogP contribution is -2.07. The summed E-state index contributed by atoms with van der Waals surface area (Å²) in [6, 6.07) is 114. The minimum absolute atomic E-state index is 0.479. The summed E-state index contributed by atoms with van der Waals surface area (Å²) in [5.41, 5.74) is 19.8. The summed E-state index contributed by atoms with van der Waals surface area (Å²) in [5.74, 6) is 2.94. The summed E-state index contributed by atoms with van der Waals surface area (Å²) >= 11 is 1.86. The number of aromatic nitrogens is 14. The molecule has 0 fully saturated rings. The summed E-state index contributed by atoms with van der Waals surface area (Å²) in [6.45, 7) is 0. The first-order chi connectivity index (χ1) is 56.5. The largest absolute Gasteiger partial charge is 0.454 e. The molecule has 0 aliphatic heterocycles. The quantitative estimate of drug-likeness (QED) is 0.128. The minimum atomic E-state index is 0.479. The van der Waals surface area contributed by atoms with Gasteiger partial charge in [0.05, 0.1) is 60.2 Å². The van der Waals surface area contributed by atoms with E-state index in [1.165, 1.54) is 58.4 Å². The zero-order valence-corrected chi connectivity index (χ0v) is 61.4. The number of hydrogen-bond donors (Lipinski definition) is 0. The Bertz CT molecular complexity index is 7420. The standard InChI is InChI=1S/C49H29N7O.C49H29N7S/c2*1-4-18-40-32(12-1)36-28-30(22-24-42(36)55(40)44-20-11-15-35-34-14-3-6-21-45(34)57-46(35)44)31-23-25-43-37(29-31)33-13-2-5-19-41(33)56(43)49-53-47(38-16-7-9-26-50-38)52-48(54-49)39-17-8-10-27-51-39/h2*1-29H. The molecular formula is C98H58N14OS. The molecule has 0 aliphatic rings. The average Bonchev–Trinajstić information content (AvgIpc) is 1.60. The molecule has 532 valence electrons. The lowest BCUT2D eigenvalue weighted by atomic mass is 10.0. The van der Waals surface area contributed by atoms with Crippen molar-refractivity contribution in [2.24, 2.45) is 0 Å². The van der Waals surface area contributed by atoms with Crippen molar-refractivity contribution in [3.8, 4) is 91.6 Å². The molecule has 15 nitrogen and oxygen atoms in total. The maximum atomic E-state index is 6.52. The molecule has 12 heterocycles. The zero-order chi connectivity index (χ0) is 74.9. The molecule has 24 rings (SSSR count). The first-order valence-corrected chi connectivity index (χ1v) is 38.5. The zero-order valence-electron chi connectivity index (χ0n) is 60.6. The van der Waals surface area contributed by atoms with Crippen molar-refractivity contribution in [2.75, 3.05) is 0 Å². The number of para-hydroxylation sites is 6. The SMILES string of the molecule is c1ccc(-c2nc(-c3ccccn3)nc(-n3c4ccccc4c4cc(-c5ccc6c(c5)c5ccccc5n6-c5cccc6c5oc5ccccc56)ccc43)n2)nc1.c1ccc(-c2nc(-c3ccccn3)nc(-n3c4ccccc4c4cc(-c5ccc6c(c5)c5ccccc5n6-c5cccc6c5sc5ccccc56)ccc43)n2)nc1. The molecule has 0 N–H and O–H groups in total. The van der Waals surface area contributed by atoms with Crippen molar-refractivity contribution in [2.45, 2.75) is 0 Å². The van der Waals surface area contributed by atoms with Crippen LogP contribution in [0.25, 0.3) is 221 Å². The van der Waals surface area contributed by atoms with Crippen LogP contribution in [0.5, 0.6) is 0 Å². The highest BCUT2D eigenvalue weighted by Crippen LogP contribution is 2.45. The van der Waals surface area contributed by atoms with E-state index in [1.807, 2.05) is 96.3 Å². The van der Waals surface area contributed by atoms with Gasteiger partial charge in [-0.3, -0.25) is 29.1 Å². The minimum Gasteiger partial charge on any atom is -0.454 e. The number of nitrogens with zero attached hydrogens (tertiary/aromatic N) is 14. The van der Waals surface area contributed by atoms with Crippen molar-refractivity contribution in [1.29, 1.82) is 0 Å². The Kier molecular flexibility index (Phi) is 14.8. The van der Waals surface area contributed by atoms with E-state index in [0.717, 1.165) is 105 Å². The lowest BCUT2D eigenvalue weighted by Gasteiger charge is -2.11. The second-order valence-electron chi connectivity index (χ2n) is 28.3. The molecule has 12 aromatic carbocycles. The monoisotopic (exact) mass is 1480 g/mol. The Morgan fingerprint density at radius 1 is 0.228 bits per heavy atom. The molecule has 12 aromatic heterocycles. The van der Waals surface area contributed by atoms with Gasteiger partial charge in [0.25, 0.3) is 0 Å². The van der Waals surface area contributed by atoms with Crippen LogP contribution >= 0.6 is 11.3 Å². The fraction of sp³-hybridized carbons (Fsp3) is 0. The number of rotatable bonds is 10. The van der Waals surface area contributed by atoms with Gasteiger partial charge < -0.3 is 13.6 Å². The molecule has 16 heteroatoms. The van der Waals surface area contributed by atoms with Crippen molar-refractivity contribution < 1.29 is 4.42 Å². The molecular weight excluding hydrogens is 1420 g/mol. The second kappa shape index (κ2) is 26.1. The summed E-state index contributed by atoms with van der Waals surface area (Å²) in [7, 11) is 0. The summed E-state index contributed by atoms with van der Waals surface area (Å²) in [4.78, 5) is 48.0. The van der Waals surface area contributed by atoms with Crippen LogP contribution in [-0.2, 0) is 0 Å². The van der Waals surface area contributed by atoms with Gasteiger partial charge in [-0.25, -0.2) is 9.97 Å². The Morgan fingerprint density at radius 2 is 0.553 bits per heavy atom. The van der Waals surface area contributed by atoms with E-state index >= 15 is 0 Å². The van der Waals surface area contributed by atoms with Gasteiger partial charge in [0.2, 0.25) is 11.9 Å². The maximum Gasteiger partial charge on any atom is 0.238 e. The van der Waals surface area contributed by atoms with Crippen LogP contribution < -0.4 is 0 Å². The number of pyridine rings is 4. The summed E-state index contributed by atoms with van der Waals surface area (Å²) in [5, 5.41) is 14.1.